The molecule has 2 N–H and O–H groups in total. The molecule has 0 aliphatic carbocycles. The molecule has 2 rings (SSSR count). The minimum Gasteiger partial charge on any atom is -0.321 e. The highest BCUT2D eigenvalue weighted by atomic mass is 79.9. The smallest absolute Gasteiger partial charge is 0.127 e. The van der Waals surface area contributed by atoms with Crippen LogP contribution in [0.1, 0.15) is 29.2 Å². The van der Waals surface area contributed by atoms with E-state index in [0.717, 1.165) is 15.6 Å². The van der Waals surface area contributed by atoms with Gasteiger partial charge in [-0.15, -0.1) is 0 Å². The fraction of sp³-hybridized carbons (Fsp3) is 0.294. The van der Waals surface area contributed by atoms with Crippen molar-refractivity contribution in [2.75, 3.05) is 0 Å². The first-order valence-corrected chi connectivity index (χ1v) is 7.39. The van der Waals surface area contributed by atoms with Crippen LogP contribution in [0.3, 0.4) is 0 Å². The van der Waals surface area contributed by atoms with Gasteiger partial charge in [0.05, 0.1) is 0 Å². The molecular weight excluding hydrogens is 317 g/mol. The lowest BCUT2D eigenvalue weighted by molar-refractivity contribution is 0.472. The summed E-state index contributed by atoms with van der Waals surface area (Å²) < 4.78 is 14.7. The highest BCUT2D eigenvalue weighted by Gasteiger charge is 2.25. The molecule has 2 aromatic rings. The average Bonchev–Trinajstić information content (AvgIpc) is 2.35. The molecule has 20 heavy (non-hydrogen) atoms. The van der Waals surface area contributed by atoms with Crippen molar-refractivity contribution in [3.8, 4) is 0 Å². The molecule has 1 unspecified atom stereocenters. The molecule has 0 amide bonds. The maximum Gasteiger partial charge on any atom is 0.127 e. The van der Waals surface area contributed by atoms with Crippen LogP contribution in [-0.2, 0) is 12.0 Å². The minimum absolute atomic E-state index is 0.221. The van der Waals surface area contributed by atoms with Crippen molar-refractivity contribution in [2.24, 2.45) is 5.73 Å². The molecule has 0 fully saturated rings. The number of rotatable bonds is 3. The van der Waals surface area contributed by atoms with Gasteiger partial charge in [0.2, 0.25) is 0 Å². The quantitative estimate of drug-likeness (QED) is 0.869. The second-order valence-corrected chi connectivity index (χ2v) is 6.56. The summed E-state index contributed by atoms with van der Waals surface area (Å²) in [7, 11) is 0. The van der Waals surface area contributed by atoms with Crippen molar-refractivity contribution in [3.05, 3.63) is 68.9 Å². The summed E-state index contributed by atoms with van der Waals surface area (Å²) in [5.41, 5.74) is 9.89. The van der Waals surface area contributed by atoms with Crippen LogP contribution in [0.25, 0.3) is 0 Å². The molecule has 0 heterocycles. The number of hydrogen-bond donors (Lipinski definition) is 1. The molecule has 0 aromatic heterocycles. The fourth-order valence-electron chi connectivity index (χ4n) is 2.51. The van der Waals surface area contributed by atoms with Crippen LogP contribution in [0.15, 0.2) is 40.9 Å². The molecule has 0 saturated carbocycles. The van der Waals surface area contributed by atoms with Gasteiger partial charge in [0.1, 0.15) is 5.82 Å². The zero-order valence-electron chi connectivity index (χ0n) is 12.0. The van der Waals surface area contributed by atoms with Gasteiger partial charge in [-0.1, -0.05) is 45.8 Å². The van der Waals surface area contributed by atoms with Crippen LogP contribution >= 0.6 is 15.9 Å². The van der Waals surface area contributed by atoms with Gasteiger partial charge in [0.15, 0.2) is 0 Å². The molecule has 3 heteroatoms. The lowest BCUT2D eigenvalue weighted by atomic mass is 9.83. The van der Waals surface area contributed by atoms with E-state index in [1.807, 2.05) is 26.8 Å². The van der Waals surface area contributed by atoms with Crippen molar-refractivity contribution in [1.29, 1.82) is 0 Å². The van der Waals surface area contributed by atoms with E-state index in [2.05, 4.69) is 34.1 Å². The first kappa shape index (κ1) is 15.2. The number of nitrogens with two attached hydrogens (primary N) is 1. The third-order valence-corrected chi connectivity index (χ3v) is 4.07. The van der Waals surface area contributed by atoms with Crippen molar-refractivity contribution in [3.63, 3.8) is 0 Å². The van der Waals surface area contributed by atoms with Crippen molar-refractivity contribution < 1.29 is 4.39 Å². The maximum absolute atomic E-state index is 14.0. The Hall–Kier alpha value is -1.19. The van der Waals surface area contributed by atoms with Crippen molar-refractivity contribution in [1.82, 2.24) is 0 Å². The van der Waals surface area contributed by atoms with E-state index in [1.54, 1.807) is 6.07 Å². The van der Waals surface area contributed by atoms with Crippen LogP contribution in [0, 0.1) is 19.7 Å². The topological polar surface area (TPSA) is 26.0 Å². The van der Waals surface area contributed by atoms with Crippen LogP contribution in [0.4, 0.5) is 4.39 Å². The molecule has 0 saturated heterocycles. The monoisotopic (exact) mass is 335 g/mol. The Morgan fingerprint density at radius 2 is 1.85 bits per heavy atom. The zero-order valence-corrected chi connectivity index (χ0v) is 13.6. The number of aryl methyl sites for hydroxylation is 2. The molecule has 106 valence electrons. The van der Waals surface area contributed by atoms with Crippen LogP contribution < -0.4 is 5.73 Å². The molecule has 0 radical (unpaired) electrons. The van der Waals surface area contributed by atoms with Gasteiger partial charge in [-0.05, 0) is 56.0 Å². The zero-order chi connectivity index (χ0) is 14.9. The van der Waals surface area contributed by atoms with E-state index in [-0.39, 0.29) is 5.82 Å². The Morgan fingerprint density at radius 3 is 2.50 bits per heavy atom. The van der Waals surface area contributed by atoms with E-state index in [0.29, 0.717) is 12.0 Å². The summed E-state index contributed by atoms with van der Waals surface area (Å²) in [5, 5.41) is 0. The third-order valence-electron chi connectivity index (χ3n) is 3.58. The number of halogens is 2. The lowest BCUT2D eigenvalue weighted by Gasteiger charge is -2.28. The van der Waals surface area contributed by atoms with Gasteiger partial charge >= 0.3 is 0 Å². The summed E-state index contributed by atoms with van der Waals surface area (Å²) in [6, 6.07) is 11.3. The first-order chi connectivity index (χ1) is 9.29. The standard InChI is InChI=1S/C17H19BrFN/c1-11-4-5-12(2)15(8-11)17(3,20)10-13-6-7-14(18)9-16(13)19/h4-9H,10,20H2,1-3H3. The van der Waals surface area contributed by atoms with E-state index in [1.165, 1.54) is 11.6 Å². The Bertz CT molecular complexity index is 635. The molecule has 0 aliphatic rings. The predicted molar refractivity (Wildman–Crippen MR) is 85.3 cm³/mol. The third kappa shape index (κ3) is 3.28. The second-order valence-electron chi connectivity index (χ2n) is 5.65. The normalized spacial score (nSPS) is 14.1. The summed E-state index contributed by atoms with van der Waals surface area (Å²) in [6.07, 6.45) is 0.469. The molecule has 1 atom stereocenters. The van der Waals surface area contributed by atoms with Gasteiger partial charge in [0, 0.05) is 10.0 Å². The van der Waals surface area contributed by atoms with E-state index < -0.39 is 5.54 Å². The molecule has 2 aromatic carbocycles. The number of hydrogen-bond acceptors (Lipinski definition) is 1. The van der Waals surface area contributed by atoms with Gasteiger partial charge in [0.25, 0.3) is 0 Å². The minimum atomic E-state index is -0.592. The van der Waals surface area contributed by atoms with Gasteiger partial charge < -0.3 is 5.73 Å². The van der Waals surface area contributed by atoms with Crippen LogP contribution in [0.2, 0.25) is 0 Å². The highest BCUT2D eigenvalue weighted by Crippen LogP contribution is 2.28. The van der Waals surface area contributed by atoms with E-state index in [4.69, 9.17) is 5.73 Å². The molecule has 0 bridgehead atoms. The van der Waals surface area contributed by atoms with E-state index >= 15 is 0 Å². The second kappa shape index (κ2) is 5.66. The van der Waals surface area contributed by atoms with Gasteiger partial charge in [-0.3, -0.25) is 0 Å². The maximum atomic E-state index is 14.0. The molecule has 1 nitrogen and oxygen atoms in total. The molecule has 0 aliphatic heterocycles. The Morgan fingerprint density at radius 1 is 1.15 bits per heavy atom. The van der Waals surface area contributed by atoms with Crippen molar-refractivity contribution in [2.45, 2.75) is 32.7 Å². The van der Waals surface area contributed by atoms with Crippen LogP contribution in [0.5, 0.6) is 0 Å². The Labute approximate surface area is 128 Å². The number of benzene rings is 2. The highest BCUT2D eigenvalue weighted by molar-refractivity contribution is 9.10. The van der Waals surface area contributed by atoms with Gasteiger partial charge in [-0.2, -0.15) is 0 Å². The SMILES string of the molecule is Cc1ccc(C)c(C(C)(N)Cc2ccc(Br)cc2F)c1. The average molecular weight is 336 g/mol. The molecular formula is C17H19BrFN. The van der Waals surface area contributed by atoms with Crippen LogP contribution in [-0.4, -0.2) is 0 Å². The summed E-state index contributed by atoms with van der Waals surface area (Å²) in [4.78, 5) is 0. The predicted octanol–water partition coefficient (Wildman–Crippen LogP) is 4.62. The first-order valence-electron chi connectivity index (χ1n) is 6.60. The lowest BCUT2D eigenvalue weighted by Crippen LogP contribution is -2.36. The fourth-order valence-corrected chi connectivity index (χ4v) is 2.84. The van der Waals surface area contributed by atoms with Gasteiger partial charge in [-0.25, -0.2) is 4.39 Å². The summed E-state index contributed by atoms with van der Waals surface area (Å²) in [5.74, 6) is -0.221. The Balaban J connectivity index is 2.37. The Kier molecular flexibility index (Phi) is 4.31. The summed E-state index contributed by atoms with van der Waals surface area (Å²) >= 11 is 3.27. The van der Waals surface area contributed by atoms with E-state index in [9.17, 15) is 4.39 Å². The molecule has 0 spiro atoms. The summed E-state index contributed by atoms with van der Waals surface area (Å²) in [6.45, 7) is 6.04. The largest absolute Gasteiger partial charge is 0.321 e. The van der Waals surface area contributed by atoms with Crippen molar-refractivity contribution >= 4 is 15.9 Å².